The lowest BCUT2D eigenvalue weighted by Crippen LogP contribution is -2.02. The van der Waals surface area contributed by atoms with Crippen molar-refractivity contribution in [1.29, 1.82) is 0 Å². The first kappa shape index (κ1) is 11.4. The van der Waals surface area contributed by atoms with E-state index in [0.717, 1.165) is 22.6 Å². The number of aromatic nitrogens is 2. The molecule has 0 aliphatic heterocycles. The Hall–Kier alpha value is -2.04. The Labute approximate surface area is 98.8 Å². The predicted octanol–water partition coefficient (Wildman–Crippen LogP) is 1.68. The highest BCUT2D eigenvalue weighted by Gasteiger charge is 2.06. The van der Waals surface area contributed by atoms with Crippen molar-refractivity contribution in [2.24, 2.45) is 0 Å². The lowest BCUT2D eigenvalue weighted by Gasteiger charge is -1.96. The predicted molar refractivity (Wildman–Crippen MR) is 63.0 cm³/mol. The van der Waals surface area contributed by atoms with Gasteiger partial charge in [0.15, 0.2) is 0 Å². The van der Waals surface area contributed by atoms with Crippen LogP contribution in [-0.4, -0.2) is 30.2 Å². The molecule has 0 aliphatic rings. The van der Waals surface area contributed by atoms with Gasteiger partial charge in [0.25, 0.3) is 0 Å². The monoisotopic (exact) mass is 234 g/mol. The highest BCUT2D eigenvalue weighted by Crippen LogP contribution is 2.19. The number of aryl methyl sites for hydroxylation is 1. The molecule has 0 saturated carbocycles. The van der Waals surface area contributed by atoms with Crippen LogP contribution in [-0.2, 0) is 16.0 Å². The van der Waals surface area contributed by atoms with Gasteiger partial charge in [0.05, 0.1) is 31.7 Å². The summed E-state index contributed by atoms with van der Waals surface area (Å²) < 4.78 is 9.71. The van der Waals surface area contributed by atoms with Crippen LogP contribution in [0.1, 0.15) is 12.2 Å². The minimum Gasteiger partial charge on any atom is -0.497 e. The summed E-state index contributed by atoms with van der Waals surface area (Å²) in [5.74, 6) is 1.32. The molecule has 2 rings (SSSR count). The molecule has 0 atom stereocenters. The van der Waals surface area contributed by atoms with Crippen LogP contribution >= 0.6 is 0 Å². The topological polar surface area (TPSA) is 64.2 Å². The van der Waals surface area contributed by atoms with Crippen LogP contribution in [0, 0.1) is 0 Å². The lowest BCUT2D eigenvalue weighted by molar-refractivity contribution is -0.140. The molecule has 0 radical (unpaired) electrons. The Bertz CT molecular complexity index is 534. The maximum Gasteiger partial charge on any atom is 0.305 e. The first-order valence-electron chi connectivity index (χ1n) is 5.32. The zero-order valence-corrected chi connectivity index (χ0v) is 9.82. The van der Waals surface area contributed by atoms with Gasteiger partial charge in [0.1, 0.15) is 11.6 Å². The molecular formula is C12H14N2O3. The van der Waals surface area contributed by atoms with Gasteiger partial charge < -0.3 is 14.5 Å². The Balaban J connectivity index is 2.17. The minimum absolute atomic E-state index is 0.233. The number of ether oxygens (including phenoxy) is 2. The van der Waals surface area contributed by atoms with Crippen LogP contribution in [0.3, 0.4) is 0 Å². The fraction of sp³-hybridized carbons (Fsp3) is 0.333. The molecule has 0 unspecified atom stereocenters. The van der Waals surface area contributed by atoms with E-state index in [2.05, 4.69) is 14.7 Å². The number of nitrogens with one attached hydrogen (secondary N) is 1. The molecule has 2 aromatic rings. The average molecular weight is 234 g/mol. The molecule has 1 aromatic carbocycles. The van der Waals surface area contributed by atoms with Crippen molar-refractivity contribution in [3.63, 3.8) is 0 Å². The van der Waals surface area contributed by atoms with Crippen molar-refractivity contribution in [3.05, 3.63) is 24.0 Å². The van der Waals surface area contributed by atoms with E-state index in [0.29, 0.717) is 12.8 Å². The van der Waals surface area contributed by atoms with E-state index in [1.54, 1.807) is 7.11 Å². The number of hydrogen-bond donors (Lipinski definition) is 1. The van der Waals surface area contributed by atoms with Gasteiger partial charge in [-0.1, -0.05) is 0 Å². The summed E-state index contributed by atoms with van der Waals surface area (Å²) in [5.41, 5.74) is 1.77. The molecule has 0 saturated heterocycles. The molecular weight excluding hydrogens is 220 g/mol. The fourth-order valence-corrected chi connectivity index (χ4v) is 1.61. The number of methoxy groups -OCH3 is 2. The number of esters is 1. The zero-order chi connectivity index (χ0) is 12.3. The SMILES string of the molecule is COC(=O)CCc1nc2ccc(OC)cc2[nH]1. The molecule has 1 N–H and O–H groups in total. The number of rotatable bonds is 4. The van der Waals surface area contributed by atoms with E-state index in [9.17, 15) is 4.79 Å². The maximum absolute atomic E-state index is 11.0. The standard InChI is InChI=1S/C12H14N2O3/c1-16-8-3-4-9-10(7-8)14-11(13-9)5-6-12(15)17-2/h3-4,7H,5-6H2,1-2H3,(H,13,14). The summed E-state index contributed by atoms with van der Waals surface area (Å²) in [6.45, 7) is 0. The number of fused-ring (bicyclic) bond motifs is 1. The summed E-state index contributed by atoms with van der Waals surface area (Å²) in [6.07, 6.45) is 0.872. The molecule has 1 heterocycles. The molecule has 0 fully saturated rings. The van der Waals surface area contributed by atoms with Crippen molar-refractivity contribution in [1.82, 2.24) is 9.97 Å². The van der Waals surface area contributed by atoms with Crippen LogP contribution in [0.25, 0.3) is 11.0 Å². The smallest absolute Gasteiger partial charge is 0.305 e. The summed E-state index contributed by atoms with van der Waals surface area (Å²) in [6, 6.07) is 5.61. The third-order valence-electron chi connectivity index (χ3n) is 2.53. The van der Waals surface area contributed by atoms with E-state index >= 15 is 0 Å². The first-order chi connectivity index (χ1) is 8.22. The quantitative estimate of drug-likeness (QED) is 0.817. The molecule has 17 heavy (non-hydrogen) atoms. The van der Waals surface area contributed by atoms with E-state index in [4.69, 9.17) is 4.74 Å². The molecule has 0 aliphatic carbocycles. The summed E-state index contributed by atoms with van der Waals surface area (Å²) in [7, 11) is 3.00. The van der Waals surface area contributed by atoms with Crippen molar-refractivity contribution in [2.45, 2.75) is 12.8 Å². The third-order valence-corrected chi connectivity index (χ3v) is 2.53. The molecule has 0 spiro atoms. The van der Waals surface area contributed by atoms with Gasteiger partial charge in [-0.25, -0.2) is 4.98 Å². The Morgan fingerprint density at radius 2 is 2.24 bits per heavy atom. The van der Waals surface area contributed by atoms with Gasteiger partial charge in [0.2, 0.25) is 0 Å². The first-order valence-corrected chi connectivity index (χ1v) is 5.32. The van der Waals surface area contributed by atoms with Gasteiger partial charge >= 0.3 is 5.97 Å². The van der Waals surface area contributed by atoms with Gasteiger partial charge in [-0.15, -0.1) is 0 Å². The second kappa shape index (κ2) is 4.86. The summed E-state index contributed by atoms with van der Waals surface area (Å²) in [5, 5.41) is 0. The number of benzene rings is 1. The number of carbonyl (C=O) groups is 1. The molecule has 0 bridgehead atoms. The van der Waals surface area contributed by atoms with Crippen molar-refractivity contribution >= 4 is 17.0 Å². The molecule has 5 heteroatoms. The van der Waals surface area contributed by atoms with Crippen LogP contribution < -0.4 is 4.74 Å². The Kier molecular flexibility index (Phi) is 3.27. The van der Waals surface area contributed by atoms with Gasteiger partial charge in [-0.2, -0.15) is 0 Å². The average Bonchev–Trinajstić information content (AvgIpc) is 2.77. The molecule has 0 amide bonds. The summed E-state index contributed by atoms with van der Waals surface area (Å²) in [4.78, 5) is 18.5. The highest BCUT2D eigenvalue weighted by atomic mass is 16.5. The second-order valence-electron chi connectivity index (χ2n) is 3.64. The van der Waals surface area contributed by atoms with Crippen LogP contribution in [0.5, 0.6) is 5.75 Å². The fourth-order valence-electron chi connectivity index (χ4n) is 1.61. The van der Waals surface area contributed by atoms with Crippen molar-refractivity contribution < 1.29 is 14.3 Å². The largest absolute Gasteiger partial charge is 0.497 e. The van der Waals surface area contributed by atoms with Crippen LogP contribution in [0.2, 0.25) is 0 Å². The molecule has 1 aromatic heterocycles. The number of hydrogen-bond acceptors (Lipinski definition) is 4. The Morgan fingerprint density at radius 1 is 1.41 bits per heavy atom. The Morgan fingerprint density at radius 3 is 2.94 bits per heavy atom. The lowest BCUT2D eigenvalue weighted by atomic mass is 10.3. The number of imidazole rings is 1. The third kappa shape index (κ3) is 2.55. The number of nitrogens with zero attached hydrogens (tertiary/aromatic N) is 1. The number of H-pyrrole nitrogens is 1. The minimum atomic E-state index is -0.233. The normalized spacial score (nSPS) is 10.5. The van der Waals surface area contributed by atoms with Gasteiger partial charge in [-0.3, -0.25) is 4.79 Å². The van der Waals surface area contributed by atoms with E-state index in [1.807, 2.05) is 18.2 Å². The summed E-state index contributed by atoms with van der Waals surface area (Å²) >= 11 is 0. The van der Waals surface area contributed by atoms with E-state index in [1.165, 1.54) is 7.11 Å². The number of aromatic amines is 1. The van der Waals surface area contributed by atoms with E-state index < -0.39 is 0 Å². The van der Waals surface area contributed by atoms with Gasteiger partial charge in [-0.05, 0) is 12.1 Å². The maximum atomic E-state index is 11.0. The molecule has 90 valence electrons. The second-order valence-corrected chi connectivity index (χ2v) is 3.64. The van der Waals surface area contributed by atoms with E-state index in [-0.39, 0.29) is 5.97 Å². The highest BCUT2D eigenvalue weighted by molar-refractivity contribution is 5.77. The van der Waals surface area contributed by atoms with Crippen LogP contribution in [0.15, 0.2) is 18.2 Å². The van der Waals surface area contributed by atoms with Crippen molar-refractivity contribution in [3.8, 4) is 5.75 Å². The van der Waals surface area contributed by atoms with Crippen molar-refractivity contribution in [2.75, 3.05) is 14.2 Å². The number of carbonyl (C=O) groups excluding carboxylic acids is 1. The molecule has 5 nitrogen and oxygen atoms in total. The van der Waals surface area contributed by atoms with Gasteiger partial charge in [0, 0.05) is 12.5 Å². The zero-order valence-electron chi connectivity index (χ0n) is 9.82. The van der Waals surface area contributed by atoms with Crippen LogP contribution in [0.4, 0.5) is 0 Å².